The Morgan fingerprint density at radius 2 is 1.88 bits per heavy atom. The lowest BCUT2D eigenvalue weighted by Gasteiger charge is -2.34. The Balaban J connectivity index is 1.58. The highest BCUT2D eigenvalue weighted by Gasteiger charge is 2.35. The van der Waals surface area contributed by atoms with Gasteiger partial charge in [-0.2, -0.15) is 0 Å². The number of likely N-dealkylation sites (N-methyl/N-ethyl adjacent to an activating group) is 1. The van der Waals surface area contributed by atoms with Crippen molar-refractivity contribution in [2.45, 2.75) is 13.0 Å². The van der Waals surface area contributed by atoms with Crippen LogP contribution in [0.4, 0.5) is 11.4 Å². The Bertz CT molecular complexity index is 1890. The molecule has 0 radical (unpaired) electrons. The number of non-ortho nitro benzene ring substituents is 1. The minimum absolute atomic E-state index is 0.0515. The molecule has 4 heterocycles. The predicted octanol–water partition coefficient (Wildman–Crippen LogP) is 3.66. The lowest BCUT2D eigenvalue weighted by atomic mass is 9.97. The van der Waals surface area contributed by atoms with E-state index in [0.29, 0.717) is 26.2 Å². The normalized spacial score (nSPS) is 17.5. The Hall–Kier alpha value is -4.39. The molecular formula is C31H29N5O5S2. The molecule has 220 valence electrons. The van der Waals surface area contributed by atoms with E-state index in [1.54, 1.807) is 23.6 Å². The largest absolute Gasteiger partial charge is 0.463 e. The molecule has 1 unspecified atom stereocenters. The quantitative estimate of drug-likeness (QED) is 0.177. The summed E-state index contributed by atoms with van der Waals surface area (Å²) in [5, 5.41) is 13.6. The van der Waals surface area contributed by atoms with Crippen molar-refractivity contribution < 1.29 is 14.5 Å². The number of thiophene rings is 1. The van der Waals surface area contributed by atoms with Crippen LogP contribution in [-0.4, -0.2) is 60.2 Å². The summed E-state index contributed by atoms with van der Waals surface area (Å²) in [5.41, 5.74) is 2.53. The number of benzene rings is 2. The number of thiazole rings is 1. The molecule has 43 heavy (non-hydrogen) atoms. The number of nitro benzene ring substituents is 1. The predicted molar refractivity (Wildman–Crippen MR) is 168 cm³/mol. The highest BCUT2D eigenvalue weighted by Crippen LogP contribution is 2.37. The average molecular weight is 616 g/mol. The maximum absolute atomic E-state index is 14.2. The van der Waals surface area contributed by atoms with Crippen molar-refractivity contribution >= 4 is 51.8 Å². The first-order valence-electron chi connectivity index (χ1n) is 13.9. The molecule has 2 aromatic heterocycles. The van der Waals surface area contributed by atoms with Gasteiger partial charge in [-0.3, -0.25) is 19.5 Å². The number of esters is 1. The van der Waals surface area contributed by atoms with Crippen LogP contribution in [0.5, 0.6) is 0 Å². The summed E-state index contributed by atoms with van der Waals surface area (Å²) >= 11 is 2.65. The van der Waals surface area contributed by atoms with Gasteiger partial charge in [0.05, 0.1) is 27.3 Å². The summed E-state index contributed by atoms with van der Waals surface area (Å²) in [5.74, 6) is -0.534. The van der Waals surface area contributed by atoms with E-state index in [9.17, 15) is 19.7 Å². The molecule has 0 N–H and O–H groups in total. The minimum Gasteiger partial charge on any atom is -0.463 e. The molecule has 12 heteroatoms. The third-order valence-corrected chi connectivity index (χ3v) is 9.45. The molecule has 1 saturated heterocycles. The van der Waals surface area contributed by atoms with Crippen LogP contribution in [-0.2, 0) is 9.53 Å². The number of carbonyl (C=O) groups excluding carboxylic acids is 1. The molecule has 2 aliphatic rings. The van der Waals surface area contributed by atoms with Gasteiger partial charge in [0.1, 0.15) is 6.04 Å². The molecule has 10 nitrogen and oxygen atoms in total. The Kier molecular flexibility index (Phi) is 8.06. The van der Waals surface area contributed by atoms with Crippen LogP contribution in [0.2, 0.25) is 0 Å². The molecule has 0 spiro atoms. The first-order valence-corrected chi connectivity index (χ1v) is 15.6. The Morgan fingerprint density at radius 3 is 2.56 bits per heavy atom. The van der Waals surface area contributed by atoms with Crippen LogP contribution >= 0.6 is 22.7 Å². The third-order valence-electron chi connectivity index (χ3n) is 7.54. The van der Waals surface area contributed by atoms with Crippen LogP contribution in [0, 0.1) is 10.1 Å². The summed E-state index contributed by atoms with van der Waals surface area (Å²) in [6.45, 7) is 5.16. The smallest absolute Gasteiger partial charge is 0.338 e. The zero-order valence-electron chi connectivity index (χ0n) is 23.6. The van der Waals surface area contributed by atoms with E-state index < -0.39 is 16.9 Å². The van der Waals surface area contributed by atoms with E-state index in [4.69, 9.17) is 9.73 Å². The average Bonchev–Trinajstić information content (AvgIpc) is 3.66. The van der Waals surface area contributed by atoms with E-state index in [1.807, 2.05) is 47.8 Å². The third kappa shape index (κ3) is 5.56. The fourth-order valence-electron chi connectivity index (χ4n) is 5.40. The van der Waals surface area contributed by atoms with Crippen LogP contribution in [0.25, 0.3) is 11.8 Å². The monoisotopic (exact) mass is 615 g/mol. The molecule has 2 aliphatic heterocycles. The molecule has 0 aliphatic carbocycles. The van der Waals surface area contributed by atoms with Gasteiger partial charge in [0.2, 0.25) is 0 Å². The zero-order chi connectivity index (χ0) is 30.1. The number of hydrogen-bond acceptors (Lipinski definition) is 10. The number of fused-ring (bicyclic) bond motifs is 1. The van der Waals surface area contributed by atoms with Gasteiger partial charge >= 0.3 is 5.97 Å². The number of ether oxygens (including phenoxy) is 1. The molecule has 1 fully saturated rings. The van der Waals surface area contributed by atoms with Gasteiger partial charge in [-0.25, -0.2) is 9.79 Å². The fraction of sp³-hybridized carbons (Fsp3) is 0.258. The number of rotatable bonds is 7. The molecular weight excluding hydrogens is 587 g/mol. The summed E-state index contributed by atoms with van der Waals surface area (Å²) in [7, 11) is 2.06. The van der Waals surface area contributed by atoms with Crippen molar-refractivity contribution in [3.8, 4) is 0 Å². The maximum Gasteiger partial charge on any atom is 0.338 e. The number of hydrogen-bond donors (Lipinski definition) is 0. The first kappa shape index (κ1) is 28.7. The second-order valence-corrected chi connectivity index (χ2v) is 12.2. The van der Waals surface area contributed by atoms with Crippen LogP contribution in [0.15, 0.2) is 81.4 Å². The Morgan fingerprint density at radius 1 is 1.12 bits per heavy atom. The maximum atomic E-state index is 14.2. The summed E-state index contributed by atoms with van der Waals surface area (Å²) < 4.78 is 7.42. The Labute approximate surface area is 255 Å². The number of nitrogens with zero attached hydrogens (tertiary/aromatic N) is 5. The van der Waals surface area contributed by atoms with Crippen LogP contribution < -0.4 is 19.8 Å². The van der Waals surface area contributed by atoms with Gasteiger partial charge in [0.15, 0.2) is 4.80 Å². The molecule has 1 atom stereocenters. The van der Waals surface area contributed by atoms with Crippen molar-refractivity contribution in [2.24, 2.45) is 4.99 Å². The number of nitro groups is 1. The van der Waals surface area contributed by atoms with Crippen molar-refractivity contribution in [1.29, 1.82) is 0 Å². The van der Waals surface area contributed by atoms with Gasteiger partial charge in [0.25, 0.3) is 11.2 Å². The highest BCUT2D eigenvalue weighted by molar-refractivity contribution is 7.10. The highest BCUT2D eigenvalue weighted by atomic mass is 32.1. The number of anilines is 1. The van der Waals surface area contributed by atoms with Gasteiger partial charge in [-0.1, -0.05) is 47.7 Å². The van der Waals surface area contributed by atoms with E-state index >= 15 is 0 Å². The molecule has 4 aromatic rings. The summed E-state index contributed by atoms with van der Waals surface area (Å²) in [6.07, 6.45) is 1.71. The molecule has 0 amide bonds. The number of carbonyl (C=O) groups is 1. The van der Waals surface area contributed by atoms with Crippen molar-refractivity contribution in [1.82, 2.24) is 9.47 Å². The van der Waals surface area contributed by atoms with Gasteiger partial charge in [0, 0.05) is 60.0 Å². The van der Waals surface area contributed by atoms with E-state index in [1.165, 1.54) is 34.8 Å². The molecule has 0 bridgehead atoms. The van der Waals surface area contributed by atoms with Crippen LogP contribution in [0.3, 0.4) is 0 Å². The molecule has 2 aromatic carbocycles. The number of aromatic nitrogens is 1. The lowest BCUT2D eigenvalue weighted by molar-refractivity contribution is -0.384. The molecule has 0 saturated carbocycles. The van der Waals surface area contributed by atoms with Gasteiger partial charge < -0.3 is 14.5 Å². The zero-order valence-corrected chi connectivity index (χ0v) is 25.3. The minimum atomic E-state index is -0.741. The first-order chi connectivity index (χ1) is 20.9. The van der Waals surface area contributed by atoms with E-state index in [-0.39, 0.29) is 17.9 Å². The van der Waals surface area contributed by atoms with Crippen molar-refractivity contribution in [3.05, 3.63) is 117 Å². The SMILES string of the molecule is CCOC(=O)C1=C(c2ccccc2)N=c2s/c(=C/c3cc([N+](=O)[O-])ccc3N3CCN(C)CC3)c(=O)n2C1c1cccs1. The number of piperazine rings is 1. The van der Waals surface area contributed by atoms with Gasteiger partial charge in [-0.15, -0.1) is 11.3 Å². The van der Waals surface area contributed by atoms with E-state index in [0.717, 1.165) is 42.3 Å². The van der Waals surface area contributed by atoms with Crippen molar-refractivity contribution in [3.63, 3.8) is 0 Å². The van der Waals surface area contributed by atoms with E-state index in [2.05, 4.69) is 16.8 Å². The fourth-order valence-corrected chi connectivity index (χ4v) is 7.22. The summed E-state index contributed by atoms with van der Waals surface area (Å²) in [4.78, 5) is 49.5. The second kappa shape index (κ2) is 12.1. The standard InChI is InChI=1S/C31H29N5O5S2/c1-3-41-30(38)26-27(20-8-5-4-6-9-20)32-31-35(28(26)24-10-7-17-42-24)29(37)25(43-31)19-21-18-22(36(39)40)11-12-23(21)34-15-13-33(2)14-16-34/h4-12,17-19,28H,3,13-16H2,1-2H3/b25-19+. The van der Waals surface area contributed by atoms with Crippen LogP contribution in [0.1, 0.15) is 29.0 Å². The van der Waals surface area contributed by atoms with Gasteiger partial charge in [-0.05, 0) is 37.6 Å². The second-order valence-electron chi connectivity index (χ2n) is 10.2. The molecule has 6 rings (SSSR count). The summed E-state index contributed by atoms with van der Waals surface area (Å²) in [6, 6.07) is 17.2. The topological polar surface area (TPSA) is 110 Å². The van der Waals surface area contributed by atoms with Crippen molar-refractivity contribution in [2.75, 3.05) is 44.7 Å². The lowest BCUT2D eigenvalue weighted by Crippen LogP contribution is -2.44.